The van der Waals surface area contributed by atoms with Crippen LogP contribution in [0.5, 0.6) is 0 Å². The van der Waals surface area contributed by atoms with E-state index in [1.54, 1.807) is 10.9 Å². The zero-order valence-corrected chi connectivity index (χ0v) is 15.3. The quantitative estimate of drug-likeness (QED) is 0.745. The first-order valence-corrected chi connectivity index (χ1v) is 9.56. The standard InChI is InChI=1S/C22H24N4O/c27-22(18-6-10-21(11-7-18)26-17-5-14-23-26)24-19-8-12-20(13-9-19)25-15-3-1-2-4-16-25/h5-14,17H,1-4,15-16H2,(H,24,27). The second kappa shape index (κ2) is 8.08. The summed E-state index contributed by atoms with van der Waals surface area (Å²) in [7, 11) is 0. The van der Waals surface area contributed by atoms with Crippen LogP contribution < -0.4 is 10.2 Å². The Labute approximate surface area is 159 Å². The van der Waals surface area contributed by atoms with Crippen LogP contribution in [-0.2, 0) is 0 Å². The van der Waals surface area contributed by atoms with E-state index in [4.69, 9.17) is 0 Å². The minimum Gasteiger partial charge on any atom is -0.372 e. The molecule has 138 valence electrons. The number of benzene rings is 2. The van der Waals surface area contributed by atoms with Crippen molar-refractivity contribution < 1.29 is 4.79 Å². The Balaban J connectivity index is 1.40. The number of rotatable bonds is 4. The van der Waals surface area contributed by atoms with Crippen molar-refractivity contribution >= 4 is 17.3 Å². The Bertz CT molecular complexity index is 862. The van der Waals surface area contributed by atoms with Crippen LogP contribution in [-0.4, -0.2) is 28.8 Å². The molecule has 1 aliphatic rings. The highest BCUT2D eigenvalue weighted by Gasteiger charge is 2.11. The molecule has 27 heavy (non-hydrogen) atoms. The SMILES string of the molecule is O=C(Nc1ccc(N2CCCCCC2)cc1)c1ccc(-n2cccn2)cc1. The maximum absolute atomic E-state index is 12.5. The van der Waals surface area contributed by atoms with Gasteiger partial charge in [-0.15, -0.1) is 0 Å². The summed E-state index contributed by atoms with van der Waals surface area (Å²) in [6.45, 7) is 2.24. The normalized spacial score (nSPS) is 14.6. The van der Waals surface area contributed by atoms with Gasteiger partial charge in [0.05, 0.1) is 5.69 Å². The summed E-state index contributed by atoms with van der Waals surface area (Å²) in [6, 6.07) is 17.5. The van der Waals surface area contributed by atoms with Crippen molar-refractivity contribution in [2.24, 2.45) is 0 Å². The van der Waals surface area contributed by atoms with Gasteiger partial charge in [0.15, 0.2) is 0 Å². The second-order valence-corrected chi connectivity index (χ2v) is 6.90. The van der Waals surface area contributed by atoms with E-state index < -0.39 is 0 Å². The number of nitrogens with one attached hydrogen (secondary N) is 1. The number of hydrogen-bond donors (Lipinski definition) is 1. The largest absolute Gasteiger partial charge is 0.372 e. The fraction of sp³-hybridized carbons (Fsp3) is 0.273. The minimum atomic E-state index is -0.107. The number of nitrogens with zero attached hydrogens (tertiary/aromatic N) is 3. The molecule has 1 aliphatic heterocycles. The van der Waals surface area contributed by atoms with Crippen molar-refractivity contribution in [1.29, 1.82) is 0 Å². The summed E-state index contributed by atoms with van der Waals surface area (Å²) in [4.78, 5) is 14.9. The molecule has 1 aromatic heterocycles. The van der Waals surface area contributed by atoms with Crippen LogP contribution in [0.3, 0.4) is 0 Å². The molecule has 1 amide bonds. The number of hydrogen-bond acceptors (Lipinski definition) is 3. The third-order valence-electron chi connectivity index (χ3n) is 4.99. The summed E-state index contributed by atoms with van der Waals surface area (Å²) >= 11 is 0. The van der Waals surface area contributed by atoms with Crippen molar-refractivity contribution in [3.05, 3.63) is 72.6 Å². The van der Waals surface area contributed by atoms with E-state index in [9.17, 15) is 4.79 Å². The lowest BCUT2D eigenvalue weighted by atomic mass is 10.2. The Kier molecular flexibility index (Phi) is 5.19. The molecule has 0 spiro atoms. The fourth-order valence-corrected chi connectivity index (χ4v) is 3.47. The first-order chi connectivity index (χ1) is 13.3. The van der Waals surface area contributed by atoms with Crippen LogP contribution in [0.4, 0.5) is 11.4 Å². The monoisotopic (exact) mass is 360 g/mol. The predicted molar refractivity (Wildman–Crippen MR) is 109 cm³/mol. The first-order valence-electron chi connectivity index (χ1n) is 9.56. The maximum atomic E-state index is 12.5. The van der Waals surface area contributed by atoms with Crippen molar-refractivity contribution in [3.8, 4) is 5.69 Å². The predicted octanol–water partition coefficient (Wildman–Crippen LogP) is 4.51. The van der Waals surface area contributed by atoms with Gasteiger partial charge in [-0.05, 0) is 67.4 Å². The summed E-state index contributed by atoms with van der Waals surface area (Å²) in [5.41, 5.74) is 3.61. The average Bonchev–Trinajstić information content (AvgIpc) is 3.11. The van der Waals surface area contributed by atoms with Crippen molar-refractivity contribution in [1.82, 2.24) is 9.78 Å². The van der Waals surface area contributed by atoms with Crippen LogP contribution in [0.15, 0.2) is 67.0 Å². The fourth-order valence-electron chi connectivity index (χ4n) is 3.47. The van der Waals surface area contributed by atoms with Crippen LogP contribution in [0.25, 0.3) is 5.69 Å². The number of amides is 1. The molecule has 0 unspecified atom stereocenters. The van der Waals surface area contributed by atoms with Gasteiger partial charge in [-0.2, -0.15) is 5.10 Å². The number of carbonyl (C=O) groups excluding carboxylic acids is 1. The highest BCUT2D eigenvalue weighted by molar-refractivity contribution is 6.04. The topological polar surface area (TPSA) is 50.2 Å². The molecule has 4 rings (SSSR count). The molecule has 1 saturated heterocycles. The lowest BCUT2D eigenvalue weighted by molar-refractivity contribution is 0.102. The lowest BCUT2D eigenvalue weighted by Gasteiger charge is -2.22. The third-order valence-corrected chi connectivity index (χ3v) is 4.99. The minimum absolute atomic E-state index is 0.107. The molecular formula is C22H24N4O. The van der Waals surface area contributed by atoms with Crippen LogP contribution >= 0.6 is 0 Å². The van der Waals surface area contributed by atoms with E-state index in [0.717, 1.165) is 24.5 Å². The summed E-state index contributed by atoms with van der Waals surface area (Å²) in [5, 5.41) is 7.17. The third kappa shape index (κ3) is 4.19. The van der Waals surface area contributed by atoms with Crippen LogP contribution in [0.1, 0.15) is 36.0 Å². The second-order valence-electron chi connectivity index (χ2n) is 6.90. The zero-order valence-electron chi connectivity index (χ0n) is 15.3. The molecule has 1 N–H and O–H groups in total. The number of carbonyl (C=O) groups is 1. The molecule has 5 heteroatoms. The van der Waals surface area contributed by atoms with E-state index >= 15 is 0 Å². The summed E-state index contributed by atoms with van der Waals surface area (Å²) in [5.74, 6) is -0.107. The Morgan fingerprint density at radius 2 is 1.52 bits per heavy atom. The number of anilines is 2. The van der Waals surface area contributed by atoms with Gasteiger partial charge in [0.2, 0.25) is 0 Å². The van der Waals surface area contributed by atoms with Gasteiger partial charge in [-0.25, -0.2) is 4.68 Å². The van der Waals surface area contributed by atoms with Crippen LogP contribution in [0, 0.1) is 0 Å². The van der Waals surface area contributed by atoms with Crippen LogP contribution in [0.2, 0.25) is 0 Å². The van der Waals surface area contributed by atoms with E-state index in [-0.39, 0.29) is 5.91 Å². The highest BCUT2D eigenvalue weighted by Crippen LogP contribution is 2.22. The molecule has 2 aromatic carbocycles. The van der Waals surface area contributed by atoms with Gasteiger partial charge in [0.1, 0.15) is 0 Å². The molecule has 3 aromatic rings. The lowest BCUT2D eigenvalue weighted by Crippen LogP contribution is -2.23. The smallest absolute Gasteiger partial charge is 0.255 e. The molecular weight excluding hydrogens is 336 g/mol. The molecule has 1 fully saturated rings. The van der Waals surface area contributed by atoms with Gasteiger partial charge in [0, 0.05) is 42.4 Å². The Morgan fingerprint density at radius 1 is 0.852 bits per heavy atom. The van der Waals surface area contributed by atoms with E-state index in [0.29, 0.717) is 5.56 Å². The van der Waals surface area contributed by atoms with Gasteiger partial charge in [-0.3, -0.25) is 4.79 Å². The molecule has 2 heterocycles. The van der Waals surface area contributed by atoms with Gasteiger partial charge in [0.25, 0.3) is 5.91 Å². The van der Waals surface area contributed by atoms with Gasteiger partial charge in [-0.1, -0.05) is 12.8 Å². The Hall–Kier alpha value is -3.08. The van der Waals surface area contributed by atoms with Crippen molar-refractivity contribution in [2.75, 3.05) is 23.3 Å². The zero-order chi connectivity index (χ0) is 18.5. The van der Waals surface area contributed by atoms with Crippen molar-refractivity contribution in [2.45, 2.75) is 25.7 Å². The number of aromatic nitrogens is 2. The molecule has 0 bridgehead atoms. The van der Waals surface area contributed by atoms with Gasteiger partial charge < -0.3 is 10.2 Å². The Morgan fingerprint density at radius 3 is 2.15 bits per heavy atom. The highest BCUT2D eigenvalue weighted by atomic mass is 16.1. The first kappa shape index (κ1) is 17.3. The molecule has 5 nitrogen and oxygen atoms in total. The molecule has 0 atom stereocenters. The van der Waals surface area contributed by atoms with Gasteiger partial charge >= 0.3 is 0 Å². The average molecular weight is 360 g/mol. The van der Waals surface area contributed by atoms with E-state index in [2.05, 4.69) is 27.4 Å². The molecule has 0 radical (unpaired) electrons. The van der Waals surface area contributed by atoms with E-state index in [1.165, 1.54) is 31.4 Å². The summed E-state index contributed by atoms with van der Waals surface area (Å²) < 4.78 is 1.77. The molecule has 0 saturated carbocycles. The molecule has 0 aliphatic carbocycles. The maximum Gasteiger partial charge on any atom is 0.255 e. The summed E-state index contributed by atoms with van der Waals surface area (Å²) in [6.07, 6.45) is 8.77. The van der Waals surface area contributed by atoms with Crippen molar-refractivity contribution in [3.63, 3.8) is 0 Å². The van der Waals surface area contributed by atoms with E-state index in [1.807, 2.05) is 48.7 Å².